The third-order valence-corrected chi connectivity index (χ3v) is 1.73. The van der Waals surface area contributed by atoms with Crippen LogP contribution in [0.4, 0.5) is 5.69 Å². The van der Waals surface area contributed by atoms with Gasteiger partial charge in [-0.3, -0.25) is 14.9 Å². The normalized spacial score (nSPS) is 9.00. The van der Waals surface area contributed by atoms with E-state index in [0.717, 1.165) is 6.20 Å². The number of pyridine rings is 1. The first-order valence-corrected chi connectivity index (χ1v) is 4.50. The number of aromatic nitrogens is 1. The van der Waals surface area contributed by atoms with Crippen molar-refractivity contribution in [2.45, 2.75) is 6.42 Å². The molecule has 7 nitrogen and oxygen atoms in total. The third kappa shape index (κ3) is 3.46. The van der Waals surface area contributed by atoms with Crippen LogP contribution in [0, 0.1) is 22.0 Å². The van der Waals surface area contributed by atoms with Crippen LogP contribution < -0.4 is 10.5 Å². The van der Waals surface area contributed by atoms with Gasteiger partial charge in [-0.25, -0.2) is 4.98 Å². The van der Waals surface area contributed by atoms with E-state index in [4.69, 9.17) is 10.5 Å². The van der Waals surface area contributed by atoms with Crippen molar-refractivity contribution in [3.05, 3.63) is 27.9 Å². The first kappa shape index (κ1) is 12.4. The number of nitrogens with zero attached hydrogens (tertiary/aromatic N) is 2. The smallest absolute Gasteiger partial charge is 0.289 e. The molecule has 1 rings (SSSR count). The summed E-state index contributed by atoms with van der Waals surface area (Å²) < 4.78 is 4.89. The number of hydrogen-bond acceptors (Lipinski definition) is 5. The van der Waals surface area contributed by atoms with E-state index < -0.39 is 10.8 Å². The molecule has 0 aliphatic heterocycles. The van der Waals surface area contributed by atoms with Gasteiger partial charge in [0.1, 0.15) is 6.20 Å². The molecule has 0 saturated heterocycles. The van der Waals surface area contributed by atoms with E-state index in [0.29, 0.717) is 0 Å². The summed E-state index contributed by atoms with van der Waals surface area (Å²) in [6.07, 6.45) is 0.934. The van der Waals surface area contributed by atoms with Crippen molar-refractivity contribution in [2.24, 2.45) is 5.73 Å². The molecule has 0 unspecified atom stereocenters. The van der Waals surface area contributed by atoms with E-state index in [1.54, 1.807) is 0 Å². The highest BCUT2D eigenvalue weighted by atomic mass is 16.6. The number of rotatable bonds is 3. The fraction of sp³-hybridized carbons (Fsp3) is 0.200. The van der Waals surface area contributed by atoms with Crippen LogP contribution in [0.15, 0.2) is 12.3 Å². The van der Waals surface area contributed by atoms with E-state index in [1.165, 1.54) is 13.2 Å². The van der Waals surface area contributed by atoms with Crippen LogP contribution in [-0.2, 0) is 4.79 Å². The lowest BCUT2D eigenvalue weighted by atomic mass is 10.2. The Hall–Kier alpha value is -2.62. The lowest BCUT2D eigenvalue weighted by molar-refractivity contribution is -0.385. The van der Waals surface area contributed by atoms with Crippen molar-refractivity contribution in [1.29, 1.82) is 0 Å². The van der Waals surface area contributed by atoms with Gasteiger partial charge < -0.3 is 10.5 Å². The zero-order valence-electron chi connectivity index (χ0n) is 8.97. The molecule has 1 amide bonds. The fourth-order valence-electron chi connectivity index (χ4n) is 1.02. The number of primary amides is 1. The minimum absolute atomic E-state index is 0.133. The molecular weight excluding hydrogens is 226 g/mol. The van der Waals surface area contributed by atoms with Crippen LogP contribution in [0.3, 0.4) is 0 Å². The summed E-state index contributed by atoms with van der Waals surface area (Å²) in [5.74, 6) is 4.61. The molecule has 0 bridgehead atoms. The number of ether oxygens (including phenoxy) is 1. The number of hydrogen-bond donors (Lipinski definition) is 1. The Kier molecular flexibility index (Phi) is 4.00. The molecule has 0 atom stereocenters. The van der Waals surface area contributed by atoms with Crippen molar-refractivity contribution >= 4 is 11.6 Å². The minimum atomic E-state index is -0.592. The molecule has 1 aromatic rings. The quantitative estimate of drug-likeness (QED) is 0.458. The van der Waals surface area contributed by atoms with Crippen molar-refractivity contribution in [2.75, 3.05) is 7.11 Å². The predicted molar refractivity (Wildman–Crippen MR) is 58.1 cm³/mol. The van der Waals surface area contributed by atoms with Crippen molar-refractivity contribution < 1.29 is 14.5 Å². The number of amides is 1. The van der Waals surface area contributed by atoms with Crippen molar-refractivity contribution in [1.82, 2.24) is 4.98 Å². The number of methoxy groups -OCH3 is 1. The molecule has 0 fully saturated rings. The van der Waals surface area contributed by atoms with Crippen LogP contribution in [0.5, 0.6) is 5.88 Å². The van der Waals surface area contributed by atoms with Gasteiger partial charge >= 0.3 is 0 Å². The first-order chi connectivity index (χ1) is 8.04. The monoisotopic (exact) mass is 235 g/mol. The number of nitrogens with two attached hydrogens (primary N) is 1. The molecule has 17 heavy (non-hydrogen) atoms. The summed E-state index contributed by atoms with van der Waals surface area (Å²) in [6, 6.07) is 1.22. The van der Waals surface area contributed by atoms with Crippen LogP contribution in [-0.4, -0.2) is 22.9 Å². The standard InChI is InChI=1S/C10H9N3O4/c1-17-10-7(3-2-4-9(11)14)5-8(6-12-10)13(15)16/h5-6H,4H2,1H3,(H2,11,14). The minimum Gasteiger partial charge on any atom is -0.480 e. The average Bonchev–Trinajstić information content (AvgIpc) is 2.28. The van der Waals surface area contributed by atoms with E-state index >= 15 is 0 Å². The predicted octanol–water partition coefficient (Wildman–Crippen LogP) is 0.225. The molecule has 2 N–H and O–H groups in total. The Morgan fingerprint density at radius 3 is 2.94 bits per heavy atom. The Morgan fingerprint density at radius 2 is 2.41 bits per heavy atom. The SMILES string of the molecule is COc1ncc([N+](=O)[O-])cc1C#CCC(N)=O. The summed E-state index contributed by atoms with van der Waals surface area (Å²) in [5, 5.41) is 10.5. The summed E-state index contributed by atoms with van der Waals surface area (Å²) in [5.41, 5.74) is 4.95. The molecule has 0 aromatic carbocycles. The summed E-state index contributed by atoms with van der Waals surface area (Å²) in [7, 11) is 1.37. The Balaban J connectivity index is 3.08. The zero-order valence-corrected chi connectivity index (χ0v) is 8.97. The number of carbonyl (C=O) groups is 1. The van der Waals surface area contributed by atoms with Crippen molar-refractivity contribution in [3.63, 3.8) is 0 Å². The molecule has 1 heterocycles. The van der Waals surface area contributed by atoms with Gasteiger partial charge in [-0.2, -0.15) is 0 Å². The number of carbonyl (C=O) groups excluding carboxylic acids is 1. The van der Waals surface area contributed by atoms with Crippen LogP contribution in [0.2, 0.25) is 0 Å². The highest BCUT2D eigenvalue weighted by molar-refractivity contribution is 5.76. The van der Waals surface area contributed by atoms with Gasteiger partial charge in [0.2, 0.25) is 11.8 Å². The Morgan fingerprint density at radius 1 is 1.71 bits per heavy atom. The Bertz CT molecular complexity index is 516. The fourth-order valence-corrected chi connectivity index (χ4v) is 1.02. The maximum absolute atomic E-state index is 10.5. The second-order valence-corrected chi connectivity index (χ2v) is 2.95. The largest absolute Gasteiger partial charge is 0.480 e. The third-order valence-electron chi connectivity index (χ3n) is 1.73. The van der Waals surface area contributed by atoms with Gasteiger partial charge in [0.05, 0.1) is 24.0 Å². The maximum Gasteiger partial charge on any atom is 0.289 e. The zero-order chi connectivity index (χ0) is 12.8. The van der Waals surface area contributed by atoms with Crippen molar-refractivity contribution in [3.8, 4) is 17.7 Å². The lowest BCUT2D eigenvalue weighted by Crippen LogP contribution is -2.08. The highest BCUT2D eigenvalue weighted by Gasteiger charge is 2.11. The molecule has 0 aliphatic carbocycles. The molecule has 88 valence electrons. The highest BCUT2D eigenvalue weighted by Crippen LogP contribution is 2.19. The van der Waals surface area contributed by atoms with Crippen LogP contribution in [0.25, 0.3) is 0 Å². The molecule has 0 aliphatic rings. The lowest BCUT2D eigenvalue weighted by Gasteiger charge is -2.00. The average molecular weight is 235 g/mol. The van der Waals surface area contributed by atoms with Gasteiger partial charge in [0, 0.05) is 6.07 Å². The summed E-state index contributed by atoms with van der Waals surface area (Å²) >= 11 is 0. The summed E-state index contributed by atoms with van der Waals surface area (Å²) in [4.78, 5) is 24.2. The molecule has 7 heteroatoms. The van der Waals surface area contributed by atoms with E-state index in [9.17, 15) is 14.9 Å². The molecular formula is C10H9N3O4. The first-order valence-electron chi connectivity index (χ1n) is 4.50. The van der Waals surface area contributed by atoms with Gasteiger partial charge in [-0.15, -0.1) is 0 Å². The van der Waals surface area contributed by atoms with Gasteiger partial charge in [0.15, 0.2) is 0 Å². The summed E-state index contributed by atoms with van der Waals surface area (Å²) in [6.45, 7) is 0. The van der Waals surface area contributed by atoms with Gasteiger partial charge in [-0.1, -0.05) is 11.8 Å². The second-order valence-electron chi connectivity index (χ2n) is 2.95. The van der Waals surface area contributed by atoms with Crippen LogP contribution in [0.1, 0.15) is 12.0 Å². The molecule has 0 radical (unpaired) electrons. The van der Waals surface area contributed by atoms with E-state index in [2.05, 4.69) is 16.8 Å². The van der Waals surface area contributed by atoms with Gasteiger partial charge in [0.25, 0.3) is 5.69 Å². The molecule has 0 saturated carbocycles. The van der Waals surface area contributed by atoms with Gasteiger partial charge in [-0.05, 0) is 0 Å². The molecule has 0 spiro atoms. The maximum atomic E-state index is 10.5. The number of nitro groups is 1. The Labute approximate surface area is 96.7 Å². The topological polar surface area (TPSA) is 108 Å². The van der Waals surface area contributed by atoms with Crippen LogP contribution >= 0.6 is 0 Å². The van der Waals surface area contributed by atoms with E-state index in [1.807, 2.05) is 0 Å². The second kappa shape index (κ2) is 5.46. The molecule has 1 aromatic heterocycles. The van der Waals surface area contributed by atoms with E-state index in [-0.39, 0.29) is 23.6 Å².